The summed E-state index contributed by atoms with van der Waals surface area (Å²) in [4.78, 5) is 0.106. The second-order valence-corrected chi connectivity index (χ2v) is 7.83. The smallest absolute Gasteiger partial charge is 0.244 e. The molecule has 0 spiro atoms. The minimum atomic E-state index is -3.54. The third kappa shape index (κ3) is 2.38. The van der Waals surface area contributed by atoms with Crippen LogP contribution in [0.1, 0.15) is 0 Å². The highest BCUT2D eigenvalue weighted by Crippen LogP contribution is 2.33. The topological polar surface area (TPSA) is 49.4 Å². The van der Waals surface area contributed by atoms with Crippen molar-refractivity contribution < 1.29 is 8.42 Å². The maximum Gasteiger partial charge on any atom is 0.244 e. The Kier molecular flexibility index (Phi) is 3.52. The monoisotopic (exact) mass is 320 g/mol. The Morgan fingerprint density at radius 3 is 2.42 bits per heavy atom. The van der Waals surface area contributed by atoms with Crippen molar-refractivity contribution in [2.75, 3.05) is 26.2 Å². The molecular formula is C12H14Cl2N2O2S. The summed E-state index contributed by atoms with van der Waals surface area (Å²) in [6, 6.07) is 4.53. The zero-order chi connectivity index (χ0) is 13.6. The first-order valence-corrected chi connectivity index (χ1v) is 8.34. The zero-order valence-corrected chi connectivity index (χ0v) is 12.5. The fourth-order valence-electron chi connectivity index (χ4n) is 2.82. The van der Waals surface area contributed by atoms with Crippen LogP contribution < -0.4 is 5.32 Å². The Hall–Kier alpha value is -0.330. The van der Waals surface area contributed by atoms with E-state index in [2.05, 4.69) is 5.32 Å². The molecule has 0 aromatic heterocycles. The number of nitrogens with one attached hydrogen (secondary N) is 1. The molecule has 2 atom stereocenters. The van der Waals surface area contributed by atoms with Crippen molar-refractivity contribution in [2.24, 2.45) is 11.8 Å². The van der Waals surface area contributed by atoms with E-state index in [1.165, 1.54) is 16.4 Å². The van der Waals surface area contributed by atoms with Gasteiger partial charge in [0, 0.05) is 18.1 Å². The first-order chi connectivity index (χ1) is 8.98. The second kappa shape index (κ2) is 4.90. The Bertz CT molecular complexity index is 594. The summed E-state index contributed by atoms with van der Waals surface area (Å²) in [5.74, 6) is 0.820. The molecule has 2 aliphatic rings. The van der Waals surface area contributed by atoms with Crippen molar-refractivity contribution in [1.82, 2.24) is 9.62 Å². The third-order valence-electron chi connectivity index (χ3n) is 3.87. The lowest BCUT2D eigenvalue weighted by Gasteiger charge is -2.18. The van der Waals surface area contributed by atoms with Crippen LogP contribution in [0.3, 0.4) is 0 Å². The van der Waals surface area contributed by atoms with Gasteiger partial charge in [0.05, 0.1) is 5.02 Å². The van der Waals surface area contributed by atoms with Crippen LogP contribution in [-0.4, -0.2) is 38.9 Å². The largest absolute Gasteiger partial charge is 0.316 e. The number of nitrogens with zero attached hydrogens (tertiary/aromatic N) is 1. The molecule has 0 aliphatic carbocycles. The van der Waals surface area contributed by atoms with Gasteiger partial charge in [-0.1, -0.05) is 23.2 Å². The van der Waals surface area contributed by atoms with Crippen LogP contribution in [0.15, 0.2) is 23.1 Å². The Morgan fingerprint density at radius 2 is 1.79 bits per heavy atom. The van der Waals surface area contributed by atoms with Gasteiger partial charge in [-0.2, -0.15) is 4.31 Å². The van der Waals surface area contributed by atoms with Gasteiger partial charge in [-0.25, -0.2) is 8.42 Å². The van der Waals surface area contributed by atoms with Gasteiger partial charge in [0.15, 0.2) is 0 Å². The van der Waals surface area contributed by atoms with Gasteiger partial charge in [0.2, 0.25) is 10.0 Å². The number of hydrogen-bond donors (Lipinski definition) is 1. The van der Waals surface area contributed by atoms with Crippen LogP contribution in [-0.2, 0) is 10.0 Å². The fourth-order valence-corrected chi connectivity index (χ4v) is 5.11. The molecule has 1 N–H and O–H groups in total. The van der Waals surface area contributed by atoms with Crippen molar-refractivity contribution in [2.45, 2.75) is 4.90 Å². The molecule has 2 saturated heterocycles. The predicted molar refractivity (Wildman–Crippen MR) is 75.1 cm³/mol. The molecule has 0 amide bonds. The van der Waals surface area contributed by atoms with E-state index < -0.39 is 10.0 Å². The Balaban J connectivity index is 1.93. The van der Waals surface area contributed by atoms with Crippen molar-refractivity contribution in [3.05, 3.63) is 28.2 Å². The van der Waals surface area contributed by atoms with Crippen LogP contribution in [0, 0.1) is 11.8 Å². The molecule has 0 bridgehead atoms. The summed E-state index contributed by atoms with van der Waals surface area (Å²) in [5, 5.41) is 3.89. The fraction of sp³-hybridized carbons (Fsp3) is 0.500. The van der Waals surface area contributed by atoms with E-state index in [-0.39, 0.29) is 9.92 Å². The number of sulfonamides is 1. The van der Waals surface area contributed by atoms with Gasteiger partial charge in [-0.15, -0.1) is 0 Å². The van der Waals surface area contributed by atoms with E-state index >= 15 is 0 Å². The maximum absolute atomic E-state index is 12.6. The summed E-state index contributed by atoms with van der Waals surface area (Å²) in [7, 11) is -3.54. The minimum Gasteiger partial charge on any atom is -0.316 e. The third-order valence-corrected chi connectivity index (χ3v) is 6.42. The summed E-state index contributed by atoms with van der Waals surface area (Å²) in [6.45, 7) is 2.89. The molecule has 2 heterocycles. The standard InChI is InChI=1S/C12H14Cl2N2O2S/c13-10-1-2-11(14)12(3-10)19(17,18)16-6-8-4-15-5-9(8)7-16/h1-3,8-9,15H,4-7H2/t8-,9+. The van der Waals surface area contributed by atoms with E-state index in [0.29, 0.717) is 29.9 Å². The summed E-state index contributed by atoms with van der Waals surface area (Å²) in [5.41, 5.74) is 0. The minimum absolute atomic E-state index is 0.106. The number of hydrogen-bond acceptors (Lipinski definition) is 3. The summed E-state index contributed by atoms with van der Waals surface area (Å²) in [6.07, 6.45) is 0. The molecule has 0 radical (unpaired) electrons. The SMILES string of the molecule is O=S(=O)(c1cc(Cl)ccc1Cl)N1C[C@H]2CNC[C@H]2C1. The summed E-state index contributed by atoms with van der Waals surface area (Å²) >= 11 is 11.9. The lowest BCUT2D eigenvalue weighted by Crippen LogP contribution is -2.32. The second-order valence-electron chi connectivity index (χ2n) is 5.08. The van der Waals surface area contributed by atoms with Gasteiger partial charge >= 0.3 is 0 Å². The number of benzene rings is 1. The normalized spacial score (nSPS) is 27.7. The van der Waals surface area contributed by atoms with Crippen LogP contribution in [0.5, 0.6) is 0 Å². The average molecular weight is 321 g/mol. The molecule has 4 nitrogen and oxygen atoms in total. The van der Waals surface area contributed by atoms with Gasteiger partial charge in [0.1, 0.15) is 4.90 Å². The molecule has 1 aromatic carbocycles. The molecule has 2 fully saturated rings. The first-order valence-electron chi connectivity index (χ1n) is 6.14. The lowest BCUT2D eigenvalue weighted by atomic mass is 10.0. The van der Waals surface area contributed by atoms with E-state index in [4.69, 9.17) is 23.2 Å². The molecule has 19 heavy (non-hydrogen) atoms. The predicted octanol–water partition coefficient (Wildman–Crippen LogP) is 1.83. The van der Waals surface area contributed by atoms with Crippen LogP contribution in [0.2, 0.25) is 10.0 Å². The highest BCUT2D eigenvalue weighted by atomic mass is 35.5. The van der Waals surface area contributed by atoms with Gasteiger partial charge in [0.25, 0.3) is 0 Å². The molecule has 3 rings (SSSR count). The van der Waals surface area contributed by atoms with Gasteiger partial charge in [-0.05, 0) is 43.1 Å². The quantitative estimate of drug-likeness (QED) is 0.904. The van der Waals surface area contributed by atoms with Crippen molar-refractivity contribution in [3.63, 3.8) is 0 Å². The molecule has 2 aliphatic heterocycles. The summed E-state index contributed by atoms with van der Waals surface area (Å²) < 4.78 is 26.7. The molecule has 7 heteroatoms. The zero-order valence-electron chi connectivity index (χ0n) is 10.1. The average Bonchev–Trinajstić information content (AvgIpc) is 2.92. The molecule has 0 unspecified atom stereocenters. The molecule has 104 valence electrons. The molecule has 1 aromatic rings. The van der Waals surface area contributed by atoms with E-state index in [9.17, 15) is 8.42 Å². The first kappa shape index (κ1) is 13.6. The highest BCUT2D eigenvalue weighted by Gasteiger charge is 2.42. The van der Waals surface area contributed by atoms with Gasteiger partial charge < -0.3 is 5.32 Å². The maximum atomic E-state index is 12.6. The van der Waals surface area contributed by atoms with Crippen molar-refractivity contribution in [1.29, 1.82) is 0 Å². The van der Waals surface area contributed by atoms with E-state index in [1.807, 2.05) is 0 Å². The van der Waals surface area contributed by atoms with E-state index in [1.54, 1.807) is 6.07 Å². The molecule has 0 saturated carbocycles. The Morgan fingerprint density at radius 1 is 1.16 bits per heavy atom. The molecular weight excluding hydrogens is 307 g/mol. The van der Waals surface area contributed by atoms with Crippen molar-refractivity contribution >= 4 is 33.2 Å². The number of halogens is 2. The van der Waals surface area contributed by atoms with E-state index in [0.717, 1.165) is 13.1 Å². The van der Waals surface area contributed by atoms with Crippen molar-refractivity contribution in [3.8, 4) is 0 Å². The lowest BCUT2D eigenvalue weighted by molar-refractivity contribution is 0.448. The van der Waals surface area contributed by atoms with Crippen LogP contribution in [0.4, 0.5) is 0 Å². The Labute approximate surface area is 122 Å². The van der Waals surface area contributed by atoms with Gasteiger partial charge in [-0.3, -0.25) is 0 Å². The number of fused-ring (bicyclic) bond motifs is 1. The highest BCUT2D eigenvalue weighted by molar-refractivity contribution is 7.89. The van der Waals surface area contributed by atoms with Crippen LogP contribution in [0.25, 0.3) is 0 Å². The van der Waals surface area contributed by atoms with Crippen LogP contribution >= 0.6 is 23.2 Å². The number of rotatable bonds is 2.